The number of ether oxygens (including phenoxy) is 1. The van der Waals surface area contributed by atoms with E-state index in [1.807, 2.05) is 78.4 Å². The summed E-state index contributed by atoms with van der Waals surface area (Å²) >= 11 is 2.68. The van der Waals surface area contributed by atoms with Crippen LogP contribution in [0.5, 0.6) is 5.75 Å². The number of furan rings is 1. The number of amides is 1. The van der Waals surface area contributed by atoms with Gasteiger partial charge in [0.2, 0.25) is 11.7 Å². The summed E-state index contributed by atoms with van der Waals surface area (Å²) < 4.78 is 13.0. The number of thiazole rings is 1. The zero-order valence-electron chi connectivity index (χ0n) is 19.7. The van der Waals surface area contributed by atoms with E-state index in [2.05, 4.69) is 20.5 Å². The van der Waals surface area contributed by atoms with Crippen LogP contribution >= 0.6 is 23.1 Å². The first kappa shape index (κ1) is 23.8. The normalized spacial score (nSPS) is 10.9. The first-order chi connectivity index (χ1) is 17.6. The lowest BCUT2D eigenvalue weighted by atomic mass is 10.1. The van der Waals surface area contributed by atoms with Gasteiger partial charge in [0, 0.05) is 10.9 Å². The van der Waals surface area contributed by atoms with Gasteiger partial charge in [-0.1, -0.05) is 41.6 Å². The van der Waals surface area contributed by atoms with Gasteiger partial charge >= 0.3 is 0 Å². The molecule has 0 fully saturated rings. The van der Waals surface area contributed by atoms with Crippen molar-refractivity contribution in [2.24, 2.45) is 0 Å². The Balaban J connectivity index is 1.31. The van der Waals surface area contributed by atoms with Crippen LogP contribution in [0.4, 0.5) is 5.13 Å². The van der Waals surface area contributed by atoms with Gasteiger partial charge in [-0.15, -0.1) is 21.5 Å². The fourth-order valence-corrected chi connectivity index (χ4v) is 4.98. The van der Waals surface area contributed by atoms with Gasteiger partial charge in [-0.2, -0.15) is 0 Å². The summed E-state index contributed by atoms with van der Waals surface area (Å²) in [4.78, 5) is 17.3. The van der Waals surface area contributed by atoms with Crippen molar-refractivity contribution in [3.8, 4) is 34.3 Å². The first-order valence-corrected chi connectivity index (χ1v) is 13.1. The van der Waals surface area contributed by atoms with Gasteiger partial charge in [0.15, 0.2) is 16.0 Å². The Kier molecular flexibility index (Phi) is 7.15. The molecular weight excluding hydrogens is 494 g/mol. The highest BCUT2D eigenvalue weighted by Crippen LogP contribution is 2.30. The predicted molar refractivity (Wildman–Crippen MR) is 142 cm³/mol. The van der Waals surface area contributed by atoms with E-state index in [0.29, 0.717) is 28.5 Å². The minimum absolute atomic E-state index is 0.146. The van der Waals surface area contributed by atoms with E-state index in [9.17, 15) is 4.79 Å². The largest absolute Gasteiger partial charge is 0.494 e. The summed E-state index contributed by atoms with van der Waals surface area (Å²) in [6.07, 6.45) is 1.59. The molecule has 3 heterocycles. The molecule has 1 amide bonds. The Labute approximate surface area is 216 Å². The molecule has 1 N–H and O–H groups in total. The molecule has 0 radical (unpaired) electrons. The molecule has 0 bridgehead atoms. The van der Waals surface area contributed by atoms with Crippen LogP contribution in [0.3, 0.4) is 0 Å². The zero-order chi connectivity index (χ0) is 24.9. The fraction of sp³-hybridized carbons (Fsp3) is 0.154. The monoisotopic (exact) mass is 517 g/mol. The van der Waals surface area contributed by atoms with E-state index in [0.717, 1.165) is 22.7 Å². The Morgan fingerprint density at radius 3 is 2.64 bits per heavy atom. The van der Waals surface area contributed by atoms with E-state index in [-0.39, 0.29) is 11.7 Å². The second kappa shape index (κ2) is 10.8. The van der Waals surface area contributed by atoms with E-state index >= 15 is 0 Å². The number of aromatic nitrogens is 4. The molecule has 0 saturated carbocycles. The molecule has 2 aromatic carbocycles. The SMILES string of the molecule is CCOc1ccc(-n2c(SCC(=O)Nc3nc(-c4ccc(C)cc4)cs3)nnc2-c2ccco2)cc1. The summed E-state index contributed by atoms with van der Waals surface area (Å²) in [5, 5.41) is 14.6. The van der Waals surface area contributed by atoms with Gasteiger partial charge in [0.1, 0.15) is 5.75 Å². The Hall–Kier alpha value is -3.89. The van der Waals surface area contributed by atoms with Gasteiger partial charge in [-0.05, 0) is 50.2 Å². The number of aryl methyl sites for hydroxylation is 1. The van der Waals surface area contributed by atoms with Crippen LogP contribution in [0.2, 0.25) is 0 Å². The fourth-order valence-electron chi connectivity index (χ4n) is 3.49. The number of hydrogen-bond donors (Lipinski definition) is 1. The molecule has 182 valence electrons. The molecule has 0 aliphatic heterocycles. The molecule has 0 aliphatic carbocycles. The van der Waals surface area contributed by atoms with Crippen LogP contribution in [0.1, 0.15) is 12.5 Å². The highest BCUT2D eigenvalue weighted by molar-refractivity contribution is 7.99. The van der Waals surface area contributed by atoms with Crippen molar-refractivity contribution in [2.45, 2.75) is 19.0 Å². The quantitative estimate of drug-likeness (QED) is 0.236. The molecule has 10 heteroatoms. The summed E-state index contributed by atoms with van der Waals surface area (Å²) in [5.41, 5.74) is 3.87. The third-order valence-corrected chi connectivity index (χ3v) is 6.90. The van der Waals surface area contributed by atoms with Crippen LogP contribution in [0, 0.1) is 6.92 Å². The van der Waals surface area contributed by atoms with E-state index in [1.165, 1.54) is 28.7 Å². The maximum atomic E-state index is 12.7. The molecule has 0 atom stereocenters. The second-order valence-electron chi connectivity index (χ2n) is 7.79. The summed E-state index contributed by atoms with van der Waals surface area (Å²) in [5.74, 6) is 1.88. The lowest BCUT2D eigenvalue weighted by Gasteiger charge is -2.10. The van der Waals surface area contributed by atoms with Crippen LogP contribution in [-0.4, -0.2) is 38.0 Å². The number of benzene rings is 2. The number of carbonyl (C=O) groups excluding carboxylic acids is 1. The summed E-state index contributed by atoms with van der Waals surface area (Å²) in [7, 11) is 0. The van der Waals surface area contributed by atoms with Crippen LogP contribution in [0.25, 0.3) is 28.5 Å². The lowest BCUT2D eigenvalue weighted by Crippen LogP contribution is -2.14. The van der Waals surface area contributed by atoms with Crippen LogP contribution < -0.4 is 10.1 Å². The van der Waals surface area contributed by atoms with Gasteiger partial charge in [0.05, 0.1) is 30.0 Å². The van der Waals surface area contributed by atoms with E-state index in [4.69, 9.17) is 9.15 Å². The first-order valence-electron chi connectivity index (χ1n) is 11.3. The van der Waals surface area contributed by atoms with Crippen molar-refractivity contribution >= 4 is 34.1 Å². The molecule has 8 nitrogen and oxygen atoms in total. The van der Waals surface area contributed by atoms with Crippen molar-refractivity contribution in [2.75, 3.05) is 17.7 Å². The van der Waals surface area contributed by atoms with Crippen molar-refractivity contribution in [3.63, 3.8) is 0 Å². The maximum absolute atomic E-state index is 12.7. The topological polar surface area (TPSA) is 95.1 Å². The molecule has 0 spiro atoms. The number of carbonyl (C=O) groups is 1. The number of hydrogen-bond acceptors (Lipinski definition) is 8. The standard InChI is InChI=1S/C26H23N5O3S2/c1-3-33-20-12-10-19(11-13-20)31-24(22-5-4-14-34-22)29-30-26(31)36-16-23(32)28-25-27-21(15-35-25)18-8-6-17(2)7-9-18/h4-15H,3,16H2,1-2H3,(H,27,28,32). The molecule has 0 aliphatic rings. The Morgan fingerprint density at radius 2 is 1.92 bits per heavy atom. The highest BCUT2D eigenvalue weighted by atomic mass is 32.2. The molecule has 3 aromatic heterocycles. The highest BCUT2D eigenvalue weighted by Gasteiger charge is 2.19. The average Bonchev–Trinajstić information content (AvgIpc) is 3.65. The zero-order valence-corrected chi connectivity index (χ0v) is 21.3. The van der Waals surface area contributed by atoms with Gasteiger partial charge in [-0.25, -0.2) is 4.98 Å². The summed E-state index contributed by atoms with van der Waals surface area (Å²) in [6, 6.07) is 19.4. The van der Waals surface area contributed by atoms with Crippen LogP contribution in [0.15, 0.2) is 81.9 Å². The van der Waals surface area contributed by atoms with Crippen molar-refractivity contribution in [1.29, 1.82) is 0 Å². The maximum Gasteiger partial charge on any atom is 0.236 e. The third-order valence-electron chi connectivity index (χ3n) is 5.21. The molecule has 5 aromatic rings. The second-order valence-corrected chi connectivity index (χ2v) is 9.59. The molecule has 5 rings (SSSR count). The number of nitrogens with one attached hydrogen (secondary N) is 1. The van der Waals surface area contributed by atoms with Crippen molar-refractivity contribution in [3.05, 3.63) is 77.9 Å². The number of anilines is 1. The third kappa shape index (κ3) is 5.34. The minimum atomic E-state index is -0.175. The molecule has 36 heavy (non-hydrogen) atoms. The van der Waals surface area contributed by atoms with E-state index < -0.39 is 0 Å². The van der Waals surface area contributed by atoms with Crippen molar-refractivity contribution in [1.82, 2.24) is 19.7 Å². The Morgan fingerprint density at radius 1 is 1.11 bits per heavy atom. The minimum Gasteiger partial charge on any atom is -0.494 e. The smallest absolute Gasteiger partial charge is 0.236 e. The summed E-state index contributed by atoms with van der Waals surface area (Å²) in [6.45, 7) is 4.57. The van der Waals surface area contributed by atoms with E-state index in [1.54, 1.807) is 12.3 Å². The number of thioether (sulfide) groups is 1. The predicted octanol–water partition coefficient (Wildman–Crippen LogP) is 6.09. The molecular formula is C26H23N5O3S2. The van der Waals surface area contributed by atoms with Crippen LogP contribution in [-0.2, 0) is 4.79 Å². The number of rotatable bonds is 9. The van der Waals surface area contributed by atoms with Gasteiger partial charge < -0.3 is 14.5 Å². The molecule has 0 saturated heterocycles. The Bertz CT molecular complexity index is 1440. The van der Waals surface area contributed by atoms with Crippen molar-refractivity contribution < 1.29 is 13.9 Å². The lowest BCUT2D eigenvalue weighted by molar-refractivity contribution is -0.113. The van der Waals surface area contributed by atoms with Gasteiger partial charge in [-0.3, -0.25) is 9.36 Å². The number of nitrogens with zero attached hydrogens (tertiary/aromatic N) is 4. The average molecular weight is 518 g/mol. The molecule has 0 unspecified atom stereocenters. The van der Waals surface area contributed by atoms with Gasteiger partial charge in [0.25, 0.3) is 0 Å².